The van der Waals surface area contributed by atoms with Crippen molar-refractivity contribution in [2.24, 2.45) is 0 Å². The molecular weight excluding hydrogens is 558 g/mol. The predicted molar refractivity (Wildman–Crippen MR) is 163 cm³/mol. The van der Waals surface area contributed by atoms with Gasteiger partial charge in [0.15, 0.2) is 5.11 Å². The molecule has 12 heteroatoms. The summed E-state index contributed by atoms with van der Waals surface area (Å²) in [5.74, 6) is -1.55. The van der Waals surface area contributed by atoms with E-state index in [0.717, 1.165) is 26.2 Å². The third kappa shape index (κ3) is 7.50. The first kappa shape index (κ1) is 31.1. The molecule has 2 aromatic carbocycles. The molecule has 2 aliphatic heterocycles. The van der Waals surface area contributed by atoms with Crippen molar-refractivity contribution in [3.63, 3.8) is 0 Å². The van der Waals surface area contributed by atoms with Crippen LogP contribution in [-0.2, 0) is 19.1 Å². The average Bonchev–Trinajstić information content (AvgIpc) is 3.21. The van der Waals surface area contributed by atoms with Gasteiger partial charge in [0.2, 0.25) is 5.91 Å². The fraction of sp³-hybridized carbons (Fsp3) is 0.433. The molecule has 2 amide bonds. The predicted octanol–water partition coefficient (Wildman–Crippen LogP) is 2.62. The zero-order valence-corrected chi connectivity index (χ0v) is 25.0. The third-order valence-electron chi connectivity index (χ3n) is 7.27. The van der Waals surface area contributed by atoms with Gasteiger partial charge in [-0.25, -0.2) is 9.59 Å². The Bertz CT molecular complexity index is 1290. The Morgan fingerprint density at radius 1 is 0.857 bits per heavy atom. The Hall–Kier alpha value is -3.87. The van der Waals surface area contributed by atoms with Crippen LogP contribution in [0.4, 0.5) is 11.4 Å². The van der Waals surface area contributed by atoms with Crippen molar-refractivity contribution in [2.75, 3.05) is 69.7 Å². The van der Waals surface area contributed by atoms with E-state index in [-0.39, 0.29) is 31.4 Å². The molecule has 11 nitrogen and oxygen atoms in total. The van der Waals surface area contributed by atoms with Crippen LogP contribution in [0, 0.1) is 0 Å². The number of anilines is 2. The number of ether oxygens (including phenoxy) is 2. The van der Waals surface area contributed by atoms with Gasteiger partial charge in [0.05, 0.1) is 36.4 Å². The van der Waals surface area contributed by atoms with E-state index in [1.807, 2.05) is 4.90 Å². The van der Waals surface area contributed by atoms with Gasteiger partial charge in [-0.1, -0.05) is 0 Å². The molecule has 1 N–H and O–H groups in total. The molecular formula is C30H37N5O6S. The number of nitrogens with one attached hydrogen (secondary N) is 1. The van der Waals surface area contributed by atoms with E-state index in [1.54, 1.807) is 62.4 Å². The molecule has 42 heavy (non-hydrogen) atoms. The summed E-state index contributed by atoms with van der Waals surface area (Å²) in [5.41, 5.74) is 1.76. The molecule has 0 saturated carbocycles. The van der Waals surface area contributed by atoms with Crippen LogP contribution < -0.4 is 10.2 Å². The molecule has 2 aromatic rings. The molecule has 2 saturated heterocycles. The fourth-order valence-electron chi connectivity index (χ4n) is 4.90. The van der Waals surface area contributed by atoms with Crippen LogP contribution in [0.15, 0.2) is 48.5 Å². The van der Waals surface area contributed by atoms with Crippen LogP contribution in [0.3, 0.4) is 0 Å². The first-order chi connectivity index (χ1) is 20.2. The van der Waals surface area contributed by atoms with Gasteiger partial charge in [0.25, 0.3) is 5.91 Å². The summed E-state index contributed by atoms with van der Waals surface area (Å²) in [7, 11) is 2.09. The van der Waals surface area contributed by atoms with Crippen molar-refractivity contribution in [2.45, 2.75) is 26.3 Å². The largest absolute Gasteiger partial charge is 0.462 e. The van der Waals surface area contributed by atoms with E-state index in [4.69, 9.17) is 21.7 Å². The molecule has 0 radical (unpaired) electrons. The molecule has 0 spiro atoms. The van der Waals surface area contributed by atoms with E-state index < -0.39 is 18.0 Å². The molecule has 0 aliphatic carbocycles. The normalized spacial score (nSPS) is 17.8. The molecule has 224 valence electrons. The van der Waals surface area contributed by atoms with Gasteiger partial charge in [-0.2, -0.15) is 0 Å². The Labute approximate surface area is 251 Å². The molecule has 2 aliphatic rings. The first-order valence-corrected chi connectivity index (χ1v) is 14.5. The number of rotatable bonds is 11. The van der Waals surface area contributed by atoms with E-state index >= 15 is 0 Å². The van der Waals surface area contributed by atoms with E-state index in [1.165, 1.54) is 4.90 Å². The monoisotopic (exact) mass is 595 g/mol. The molecule has 0 unspecified atom stereocenters. The van der Waals surface area contributed by atoms with E-state index in [2.05, 4.69) is 22.2 Å². The molecule has 2 fully saturated rings. The summed E-state index contributed by atoms with van der Waals surface area (Å²) in [4.78, 5) is 58.8. The number of thiocarbonyl (C=S) groups is 1. The van der Waals surface area contributed by atoms with Gasteiger partial charge in [-0.3, -0.25) is 19.4 Å². The Balaban J connectivity index is 1.49. The van der Waals surface area contributed by atoms with Gasteiger partial charge >= 0.3 is 11.9 Å². The highest BCUT2D eigenvalue weighted by Gasteiger charge is 2.44. The van der Waals surface area contributed by atoms with E-state index in [0.29, 0.717) is 40.7 Å². The van der Waals surface area contributed by atoms with Crippen molar-refractivity contribution in [3.05, 3.63) is 59.7 Å². The topological polar surface area (TPSA) is 112 Å². The zero-order valence-electron chi connectivity index (χ0n) is 24.2. The number of amides is 2. The van der Waals surface area contributed by atoms with Crippen LogP contribution in [0.2, 0.25) is 0 Å². The number of hydrogen-bond donors (Lipinski definition) is 1. The number of carbonyl (C=O) groups excluding carboxylic acids is 4. The lowest BCUT2D eigenvalue weighted by Gasteiger charge is -2.34. The Morgan fingerprint density at radius 2 is 1.40 bits per heavy atom. The van der Waals surface area contributed by atoms with Crippen LogP contribution in [0.1, 0.15) is 41.0 Å². The van der Waals surface area contributed by atoms with Gasteiger partial charge in [-0.05, 0) is 81.6 Å². The lowest BCUT2D eigenvalue weighted by atomic mass is 10.1. The number of carbonyl (C=O) groups is 4. The van der Waals surface area contributed by atoms with Crippen molar-refractivity contribution in [3.8, 4) is 0 Å². The van der Waals surface area contributed by atoms with Crippen LogP contribution in [0.5, 0.6) is 0 Å². The average molecular weight is 596 g/mol. The highest BCUT2D eigenvalue weighted by molar-refractivity contribution is 7.80. The lowest BCUT2D eigenvalue weighted by Crippen LogP contribution is -2.48. The molecule has 4 rings (SSSR count). The van der Waals surface area contributed by atoms with Gasteiger partial charge in [0, 0.05) is 45.0 Å². The lowest BCUT2D eigenvalue weighted by molar-refractivity contribution is -0.124. The maximum atomic E-state index is 13.8. The van der Waals surface area contributed by atoms with Gasteiger partial charge in [0.1, 0.15) is 6.04 Å². The number of piperazine rings is 1. The summed E-state index contributed by atoms with van der Waals surface area (Å²) in [6, 6.07) is 12.1. The molecule has 2 heterocycles. The van der Waals surface area contributed by atoms with Crippen molar-refractivity contribution < 1.29 is 28.7 Å². The SMILES string of the molecule is CCOC(=O)c1ccc(NC(=O)C[C@H]2C(=O)N(c3ccc(C(=O)OCC)cc3)C(=S)N2CCN2CCN(C)CC2)cc1. The van der Waals surface area contributed by atoms with Gasteiger partial charge in [-0.15, -0.1) is 0 Å². The minimum atomic E-state index is -0.798. The summed E-state index contributed by atoms with van der Waals surface area (Å²) in [6.45, 7) is 8.93. The van der Waals surface area contributed by atoms with Crippen LogP contribution in [-0.4, -0.2) is 109 Å². The maximum Gasteiger partial charge on any atom is 0.338 e. The Kier molecular flexibility index (Phi) is 10.6. The zero-order chi connectivity index (χ0) is 30.2. The summed E-state index contributed by atoms with van der Waals surface area (Å²) in [5, 5.41) is 3.14. The molecule has 1 atom stereocenters. The summed E-state index contributed by atoms with van der Waals surface area (Å²) in [6.07, 6.45) is -0.112. The maximum absolute atomic E-state index is 13.8. The number of benzene rings is 2. The standard InChI is InChI=1S/C30H37N5O6S/c1-4-40-28(38)21-6-10-23(11-7-21)31-26(36)20-25-27(37)35(24-12-8-22(9-13-24)29(39)41-5-2)30(42)34(25)19-18-33-16-14-32(3)15-17-33/h6-13,25H,4-5,14-20H2,1-3H3,(H,31,36)/t25-/m0/s1. The molecule has 0 bridgehead atoms. The number of nitrogens with zero attached hydrogens (tertiary/aromatic N) is 4. The van der Waals surface area contributed by atoms with Crippen molar-refractivity contribution in [1.29, 1.82) is 0 Å². The van der Waals surface area contributed by atoms with Gasteiger partial charge < -0.3 is 24.6 Å². The van der Waals surface area contributed by atoms with Crippen LogP contribution >= 0.6 is 12.2 Å². The minimum Gasteiger partial charge on any atom is -0.462 e. The van der Waals surface area contributed by atoms with Crippen molar-refractivity contribution in [1.82, 2.24) is 14.7 Å². The second-order valence-electron chi connectivity index (χ2n) is 10.1. The first-order valence-electron chi connectivity index (χ1n) is 14.1. The number of likely N-dealkylation sites (N-methyl/N-ethyl adjacent to an activating group) is 1. The number of hydrogen-bond acceptors (Lipinski definition) is 9. The van der Waals surface area contributed by atoms with E-state index in [9.17, 15) is 19.2 Å². The summed E-state index contributed by atoms with van der Waals surface area (Å²) < 4.78 is 10.1. The Morgan fingerprint density at radius 3 is 1.95 bits per heavy atom. The minimum absolute atomic E-state index is 0.112. The highest BCUT2D eigenvalue weighted by atomic mass is 32.1. The highest BCUT2D eigenvalue weighted by Crippen LogP contribution is 2.28. The fourth-order valence-corrected chi connectivity index (χ4v) is 5.31. The second-order valence-corrected chi connectivity index (χ2v) is 10.5. The second kappa shape index (κ2) is 14.3. The quantitative estimate of drug-likeness (QED) is 0.307. The summed E-state index contributed by atoms with van der Waals surface area (Å²) >= 11 is 5.79. The smallest absolute Gasteiger partial charge is 0.338 e. The third-order valence-corrected chi connectivity index (χ3v) is 7.68. The van der Waals surface area contributed by atoms with Crippen molar-refractivity contribution >= 4 is 52.5 Å². The number of esters is 2. The van der Waals surface area contributed by atoms with Crippen LogP contribution in [0.25, 0.3) is 0 Å². The molecule has 0 aromatic heterocycles.